The van der Waals surface area contributed by atoms with Gasteiger partial charge in [0.1, 0.15) is 24.2 Å². The van der Waals surface area contributed by atoms with Crippen molar-refractivity contribution in [3.63, 3.8) is 0 Å². The normalized spacial score (nSPS) is 14.8. The molecule has 0 saturated carbocycles. The van der Waals surface area contributed by atoms with Gasteiger partial charge in [-0.3, -0.25) is 14.4 Å². The number of aliphatic hydroxyl groups is 2. The number of carboxylic acids is 1. The second-order valence-electron chi connectivity index (χ2n) is 7.35. The molecule has 1 rings (SSSR count). The summed E-state index contributed by atoms with van der Waals surface area (Å²) in [4.78, 5) is 48.6. The van der Waals surface area contributed by atoms with Crippen LogP contribution >= 0.6 is 0 Å². The van der Waals surface area contributed by atoms with E-state index >= 15 is 0 Å². The molecular formula is C20H30N4O7. The van der Waals surface area contributed by atoms with E-state index in [1.165, 1.54) is 0 Å². The van der Waals surface area contributed by atoms with Gasteiger partial charge in [-0.05, 0) is 11.5 Å². The maximum atomic E-state index is 12.9. The molecule has 1 aromatic carbocycles. The predicted molar refractivity (Wildman–Crippen MR) is 111 cm³/mol. The van der Waals surface area contributed by atoms with Crippen molar-refractivity contribution in [3.05, 3.63) is 35.9 Å². The van der Waals surface area contributed by atoms with E-state index in [0.717, 1.165) is 5.56 Å². The molecule has 172 valence electrons. The molecule has 0 bridgehead atoms. The molecule has 0 heterocycles. The first kappa shape index (κ1) is 26.0. The predicted octanol–water partition coefficient (Wildman–Crippen LogP) is -2.26. The third-order valence-corrected chi connectivity index (χ3v) is 4.49. The van der Waals surface area contributed by atoms with E-state index in [0.29, 0.717) is 0 Å². The minimum absolute atomic E-state index is 0.0946. The topological polar surface area (TPSA) is 191 Å². The van der Waals surface area contributed by atoms with Crippen LogP contribution in [0.15, 0.2) is 30.3 Å². The second kappa shape index (κ2) is 12.6. The number of nitrogens with one attached hydrogen (secondary N) is 3. The van der Waals surface area contributed by atoms with Gasteiger partial charge in [-0.15, -0.1) is 0 Å². The van der Waals surface area contributed by atoms with Gasteiger partial charge in [0.25, 0.3) is 0 Å². The number of carbonyl (C=O) groups excluding carboxylic acids is 3. The highest BCUT2D eigenvalue weighted by Crippen LogP contribution is 2.07. The first-order valence-electron chi connectivity index (χ1n) is 9.75. The van der Waals surface area contributed by atoms with Crippen molar-refractivity contribution in [3.8, 4) is 0 Å². The summed E-state index contributed by atoms with van der Waals surface area (Å²) in [5.41, 5.74) is 6.25. The van der Waals surface area contributed by atoms with Crippen LogP contribution in [0, 0.1) is 5.92 Å². The molecule has 0 saturated heterocycles. The van der Waals surface area contributed by atoms with Crippen LogP contribution in [0.4, 0.5) is 0 Å². The maximum absolute atomic E-state index is 12.9. The van der Waals surface area contributed by atoms with Crippen molar-refractivity contribution in [2.45, 2.75) is 44.4 Å². The lowest BCUT2D eigenvalue weighted by molar-refractivity contribution is -0.143. The van der Waals surface area contributed by atoms with Crippen LogP contribution in [0.5, 0.6) is 0 Å². The van der Waals surface area contributed by atoms with Gasteiger partial charge >= 0.3 is 5.97 Å². The first-order valence-corrected chi connectivity index (χ1v) is 9.75. The summed E-state index contributed by atoms with van der Waals surface area (Å²) in [5, 5.41) is 34.4. The Labute approximate surface area is 180 Å². The number of aliphatic carboxylic acids is 1. The Hall–Kier alpha value is -3.02. The van der Waals surface area contributed by atoms with Gasteiger partial charge in [-0.1, -0.05) is 44.2 Å². The largest absolute Gasteiger partial charge is 0.480 e. The first-order chi connectivity index (χ1) is 14.6. The summed E-state index contributed by atoms with van der Waals surface area (Å²) in [6, 6.07) is 3.85. The average molecular weight is 438 g/mol. The molecule has 11 nitrogen and oxygen atoms in total. The van der Waals surface area contributed by atoms with E-state index in [1.54, 1.807) is 44.2 Å². The van der Waals surface area contributed by atoms with E-state index < -0.39 is 67.0 Å². The summed E-state index contributed by atoms with van der Waals surface area (Å²) in [6.45, 7) is 1.86. The third kappa shape index (κ3) is 8.32. The monoisotopic (exact) mass is 438 g/mol. The molecule has 0 aliphatic rings. The Kier molecular flexibility index (Phi) is 10.6. The van der Waals surface area contributed by atoms with E-state index in [9.17, 15) is 19.2 Å². The van der Waals surface area contributed by atoms with Crippen molar-refractivity contribution in [2.75, 3.05) is 13.2 Å². The van der Waals surface area contributed by atoms with Gasteiger partial charge in [-0.25, -0.2) is 4.79 Å². The van der Waals surface area contributed by atoms with Crippen LogP contribution in [0.25, 0.3) is 0 Å². The number of hydrogen-bond acceptors (Lipinski definition) is 7. The van der Waals surface area contributed by atoms with Crippen LogP contribution in [-0.2, 0) is 25.6 Å². The van der Waals surface area contributed by atoms with Crippen molar-refractivity contribution in [2.24, 2.45) is 11.7 Å². The molecular weight excluding hydrogens is 408 g/mol. The summed E-state index contributed by atoms with van der Waals surface area (Å²) in [7, 11) is 0. The zero-order valence-electron chi connectivity index (χ0n) is 17.4. The van der Waals surface area contributed by atoms with Crippen LogP contribution in [0.2, 0.25) is 0 Å². The highest BCUT2D eigenvalue weighted by atomic mass is 16.4. The number of carbonyl (C=O) groups is 4. The Morgan fingerprint density at radius 1 is 0.871 bits per heavy atom. The van der Waals surface area contributed by atoms with Crippen LogP contribution in [0.3, 0.4) is 0 Å². The van der Waals surface area contributed by atoms with Gasteiger partial charge in [0.05, 0.1) is 13.2 Å². The van der Waals surface area contributed by atoms with Gasteiger partial charge < -0.3 is 37.0 Å². The fraction of sp³-hybridized carbons (Fsp3) is 0.500. The quantitative estimate of drug-likeness (QED) is 0.190. The number of benzene rings is 1. The molecule has 0 radical (unpaired) electrons. The van der Waals surface area contributed by atoms with E-state index in [4.69, 9.17) is 21.1 Å². The second-order valence-corrected chi connectivity index (χ2v) is 7.35. The van der Waals surface area contributed by atoms with Gasteiger partial charge in [-0.2, -0.15) is 0 Å². The number of hydrogen-bond donors (Lipinski definition) is 7. The molecule has 0 spiro atoms. The molecule has 0 aliphatic heterocycles. The number of carboxylic acid groups (broad SMARTS) is 1. The zero-order chi connectivity index (χ0) is 23.6. The molecule has 0 aromatic heterocycles. The Morgan fingerprint density at radius 2 is 1.45 bits per heavy atom. The van der Waals surface area contributed by atoms with Crippen LogP contribution in [0.1, 0.15) is 19.4 Å². The van der Waals surface area contributed by atoms with Crippen molar-refractivity contribution in [1.82, 2.24) is 16.0 Å². The van der Waals surface area contributed by atoms with Crippen molar-refractivity contribution >= 4 is 23.7 Å². The number of aliphatic hydroxyl groups excluding tert-OH is 2. The molecule has 0 fully saturated rings. The number of nitrogens with two attached hydrogens (primary N) is 1. The van der Waals surface area contributed by atoms with Crippen LogP contribution in [-0.4, -0.2) is 76.4 Å². The molecule has 0 aliphatic carbocycles. The molecule has 1 aromatic rings. The molecule has 11 heteroatoms. The molecule has 3 amide bonds. The van der Waals surface area contributed by atoms with Crippen LogP contribution < -0.4 is 21.7 Å². The maximum Gasteiger partial charge on any atom is 0.328 e. The lowest BCUT2D eigenvalue weighted by Gasteiger charge is -2.26. The molecule has 4 atom stereocenters. The van der Waals surface area contributed by atoms with Crippen molar-refractivity contribution < 1.29 is 34.5 Å². The minimum atomic E-state index is -1.52. The minimum Gasteiger partial charge on any atom is -0.480 e. The standard InChI is InChI=1S/C20H30N4O7/c1-11(2)16(19(29)23-15(10-26)20(30)31)24-18(28)14(22-17(27)13(21)9-25)8-12-6-4-3-5-7-12/h3-7,11,13-16,25-26H,8-10,21H2,1-2H3,(H,22,27)(H,23,29)(H,24,28)(H,30,31). The highest BCUT2D eigenvalue weighted by molar-refractivity contribution is 5.94. The Morgan fingerprint density at radius 3 is 1.94 bits per heavy atom. The average Bonchev–Trinajstić information content (AvgIpc) is 2.74. The summed E-state index contributed by atoms with van der Waals surface area (Å²) in [6.07, 6.45) is 0.0946. The fourth-order valence-corrected chi connectivity index (χ4v) is 2.66. The zero-order valence-corrected chi connectivity index (χ0v) is 17.4. The highest BCUT2D eigenvalue weighted by Gasteiger charge is 2.31. The third-order valence-electron chi connectivity index (χ3n) is 4.49. The summed E-state index contributed by atoms with van der Waals surface area (Å²) in [5.74, 6) is -4.06. The number of amides is 3. The summed E-state index contributed by atoms with van der Waals surface area (Å²) < 4.78 is 0. The molecule has 8 N–H and O–H groups in total. The van der Waals surface area contributed by atoms with E-state index in [-0.39, 0.29) is 6.42 Å². The smallest absolute Gasteiger partial charge is 0.328 e. The number of rotatable bonds is 12. The lowest BCUT2D eigenvalue weighted by Crippen LogP contribution is -2.59. The lowest BCUT2D eigenvalue weighted by atomic mass is 10.0. The fourth-order valence-electron chi connectivity index (χ4n) is 2.66. The summed E-state index contributed by atoms with van der Waals surface area (Å²) >= 11 is 0. The Balaban J connectivity index is 3.02. The van der Waals surface area contributed by atoms with E-state index in [2.05, 4.69) is 16.0 Å². The van der Waals surface area contributed by atoms with E-state index in [1.807, 2.05) is 0 Å². The van der Waals surface area contributed by atoms with Gasteiger partial charge in [0.2, 0.25) is 17.7 Å². The molecule has 4 unspecified atom stereocenters. The van der Waals surface area contributed by atoms with Gasteiger partial charge in [0, 0.05) is 6.42 Å². The van der Waals surface area contributed by atoms with Crippen molar-refractivity contribution in [1.29, 1.82) is 0 Å². The molecule has 31 heavy (non-hydrogen) atoms. The Bertz CT molecular complexity index is 757. The van der Waals surface area contributed by atoms with Gasteiger partial charge in [0.15, 0.2) is 0 Å². The SMILES string of the molecule is CC(C)C(NC(=O)C(Cc1ccccc1)NC(=O)C(N)CO)C(=O)NC(CO)C(=O)O.